The number of hydrogen-bond acceptors (Lipinski definition) is 1. The number of nitrogens with one attached hydrogen (secondary N) is 1. The average molecular weight is 181 g/mol. The van der Waals surface area contributed by atoms with Gasteiger partial charge in [-0.15, -0.1) is 0 Å². The van der Waals surface area contributed by atoms with Gasteiger partial charge in [-0.25, -0.2) is 4.39 Å². The Morgan fingerprint density at radius 1 is 0.923 bits per heavy atom. The summed E-state index contributed by atoms with van der Waals surface area (Å²) in [6.07, 6.45) is 4.22. The lowest BCUT2D eigenvalue weighted by atomic mass is 10.2. The van der Waals surface area contributed by atoms with Crippen LogP contribution in [0.5, 0.6) is 0 Å². The summed E-state index contributed by atoms with van der Waals surface area (Å²) >= 11 is 0. The first-order valence-electron chi connectivity index (χ1n) is 4.81. The smallest absolute Gasteiger partial charge is 0.123 e. The quantitative estimate of drug-likeness (QED) is 0.648. The molecule has 0 bridgehead atoms. The molecule has 72 valence electrons. The molecule has 0 unspecified atom stereocenters. The lowest BCUT2D eigenvalue weighted by Gasteiger charge is -2.08. The summed E-state index contributed by atoms with van der Waals surface area (Å²) in [5.41, 5.74) is 0. The molecule has 0 saturated carbocycles. The fraction of sp³-hybridized carbons (Fsp3) is 0.455. The van der Waals surface area contributed by atoms with E-state index >= 15 is 0 Å². The van der Waals surface area contributed by atoms with Crippen LogP contribution in [0.2, 0.25) is 0 Å². The standard InChI is InChI=1S/C6H5F.C5H11N/c7-6-4-2-1-3-5-6;1-2-4-6-5-3-1/h1-5H;6H,1-5H2. The Bertz CT molecular complexity index is 195. The highest BCUT2D eigenvalue weighted by molar-refractivity contribution is 5.02. The molecule has 1 aliphatic rings. The van der Waals surface area contributed by atoms with Crippen molar-refractivity contribution >= 4 is 0 Å². The Kier molecular flexibility index (Phi) is 5.18. The van der Waals surface area contributed by atoms with E-state index in [-0.39, 0.29) is 5.82 Å². The number of benzene rings is 1. The molecule has 1 aliphatic heterocycles. The monoisotopic (exact) mass is 181 g/mol. The summed E-state index contributed by atoms with van der Waals surface area (Å²) < 4.78 is 11.9. The number of hydrogen-bond donors (Lipinski definition) is 1. The Morgan fingerprint density at radius 2 is 1.54 bits per heavy atom. The first-order chi connectivity index (χ1) is 6.39. The maximum Gasteiger partial charge on any atom is 0.123 e. The van der Waals surface area contributed by atoms with Crippen molar-refractivity contribution in [3.8, 4) is 0 Å². The zero-order valence-electron chi connectivity index (χ0n) is 7.80. The van der Waals surface area contributed by atoms with Crippen LogP contribution in [-0.2, 0) is 0 Å². The van der Waals surface area contributed by atoms with Crippen LogP contribution >= 0.6 is 0 Å². The molecule has 0 amide bonds. The molecule has 1 aromatic rings. The van der Waals surface area contributed by atoms with E-state index in [2.05, 4.69) is 5.32 Å². The van der Waals surface area contributed by atoms with Gasteiger partial charge in [-0.2, -0.15) is 0 Å². The van der Waals surface area contributed by atoms with Gasteiger partial charge in [0.15, 0.2) is 0 Å². The summed E-state index contributed by atoms with van der Waals surface area (Å²) in [7, 11) is 0. The summed E-state index contributed by atoms with van der Waals surface area (Å²) in [6.45, 7) is 2.50. The van der Waals surface area contributed by atoms with E-state index in [1.807, 2.05) is 0 Å². The zero-order valence-corrected chi connectivity index (χ0v) is 7.80. The molecule has 1 saturated heterocycles. The lowest BCUT2D eigenvalue weighted by Crippen LogP contribution is -2.21. The van der Waals surface area contributed by atoms with E-state index in [0.717, 1.165) is 0 Å². The summed E-state index contributed by atoms with van der Waals surface area (Å²) in [5.74, 6) is -0.178. The number of rotatable bonds is 0. The van der Waals surface area contributed by atoms with E-state index in [4.69, 9.17) is 0 Å². The van der Waals surface area contributed by atoms with Gasteiger partial charge in [-0.1, -0.05) is 24.6 Å². The van der Waals surface area contributed by atoms with Crippen LogP contribution in [0.25, 0.3) is 0 Å². The van der Waals surface area contributed by atoms with Crippen molar-refractivity contribution in [2.45, 2.75) is 19.3 Å². The third kappa shape index (κ3) is 5.36. The van der Waals surface area contributed by atoms with Crippen LogP contribution in [0, 0.1) is 5.82 Å². The summed E-state index contributed by atoms with van der Waals surface area (Å²) in [4.78, 5) is 0. The van der Waals surface area contributed by atoms with E-state index in [1.165, 1.54) is 44.5 Å². The van der Waals surface area contributed by atoms with Gasteiger partial charge in [0.1, 0.15) is 5.82 Å². The highest BCUT2D eigenvalue weighted by Gasteiger charge is 1.93. The molecule has 0 spiro atoms. The highest BCUT2D eigenvalue weighted by atomic mass is 19.1. The summed E-state index contributed by atoms with van der Waals surface area (Å²) in [6, 6.07) is 7.94. The third-order valence-corrected chi connectivity index (χ3v) is 1.94. The average Bonchev–Trinajstić information content (AvgIpc) is 2.22. The van der Waals surface area contributed by atoms with Gasteiger partial charge < -0.3 is 5.32 Å². The zero-order chi connectivity index (χ0) is 9.36. The normalized spacial score (nSPS) is 15.8. The van der Waals surface area contributed by atoms with Gasteiger partial charge in [0.25, 0.3) is 0 Å². The molecular formula is C11H16FN. The van der Waals surface area contributed by atoms with Crippen LogP contribution < -0.4 is 5.32 Å². The molecule has 1 nitrogen and oxygen atoms in total. The van der Waals surface area contributed by atoms with Crippen molar-refractivity contribution in [1.29, 1.82) is 0 Å². The van der Waals surface area contributed by atoms with Crippen molar-refractivity contribution in [3.05, 3.63) is 36.1 Å². The fourth-order valence-corrected chi connectivity index (χ4v) is 1.22. The van der Waals surface area contributed by atoms with E-state index in [9.17, 15) is 4.39 Å². The molecule has 1 aromatic carbocycles. The van der Waals surface area contributed by atoms with Crippen molar-refractivity contribution in [2.24, 2.45) is 0 Å². The Hall–Kier alpha value is -0.890. The van der Waals surface area contributed by atoms with Crippen LogP contribution in [0.15, 0.2) is 30.3 Å². The maximum absolute atomic E-state index is 11.9. The van der Waals surface area contributed by atoms with Crippen molar-refractivity contribution in [1.82, 2.24) is 5.32 Å². The third-order valence-electron chi connectivity index (χ3n) is 1.94. The minimum Gasteiger partial charge on any atom is -0.317 e. The number of halogens is 1. The molecule has 2 rings (SSSR count). The molecular weight excluding hydrogens is 165 g/mol. The molecule has 0 radical (unpaired) electrons. The van der Waals surface area contributed by atoms with Gasteiger partial charge in [-0.3, -0.25) is 0 Å². The van der Waals surface area contributed by atoms with E-state index in [0.29, 0.717) is 0 Å². The topological polar surface area (TPSA) is 12.0 Å². The molecule has 1 fully saturated rings. The largest absolute Gasteiger partial charge is 0.317 e. The second-order valence-electron chi connectivity index (χ2n) is 3.11. The van der Waals surface area contributed by atoms with Crippen LogP contribution in [0.1, 0.15) is 19.3 Å². The minimum absolute atomic E-state index is 0.178. The number of piperidine rings is 1. The Labute approximate surface area is 79.0 Å². The molecule has 1 heterocycles. The molecule has 2 heteroatoms. The minimum atomic E-state index is -0.178. The SMILES string of the molecule is C1CCNCC1.Fc1ccccc1. The van der Waals surface area contributed by atoms with Crippen LogP contribution in [-0.4, -0.2) is 13.1 Å². The molecule has 1 N–H and O–H groups in total. The van der Waals surface area contributed by atoms with Crippen molar-refractivity contribution in [3.63, 3.8) is 0 Å². The summed E-state index contributed by atoms with van der Waals surface area (Å²) in [5, 5.41) is 3.28. The first-order valence-corrected chi connectivity index (χ1v) is 4.81. The van der Waals surface area contributed by atoms with Gasteiger partial charge in [-0.05, 0) is 38.1 Å². The second kappa shape index (κ2) is 6.61. The highest BCUT2D eigenvalue weighted by Crippen LogP contribution is 1.96. The molecule has 0 aliphatic carbocycles. The lowest BCUT2D eigenvalue weighted by molar-refractivity contribution is 0.520. The molecule has 0 aromatic heterocycles. The van der Waals surface area contributed by atoms with Crippen molar-refractivity contribution < 1.29 is 4.39 Å². The Morgan fingerprint density at radius 3 is 1.77 bits per heavy atom. The first kappa shape index (κ1) is 10.2. The predicted octanol–water partition coefficient (Wildman–Crippen LogP) is 2.59. The predicted molar refractivity (Wildman–Crippen MR) is 53.1 cm³/mol. The van der Waals surface area contributed by atoms with E-state index in [1.54, 1.807) is 18.2 Å². The van der Waals surface area contributed by atoms with Gasteiger partial charge in [0.2, 0.25) is 0 Å². The second-order valence-corrected chi connectivity index (χ2v) is 3.11. The fourth-order valence-electron chi connectivity index (χ4n) is 1.22. The van der Waals surface area contributed by atoms with E-state index < -0.39 is 0 Å². The Balaban J connectivity index is 0.000000132. The maximum atomic E-state index is 11.9. The van der Waals surface area contributed by atoms with Crippen molar-refractivity contribution in [2.75, 3.05) is 13.1 Å². The molecule has 0 atom stereocenters. The molecule has 13 heavy (non-hydrogen) atoms. The van der Waals surface area contributed by atoms with Gasteiger partial charge in [0, 0.05) is 0 Å². The van der Waals surface area contributed by atoms with Gasteiger partial charge >= 0.3 is 0 Å². The van der Waals surface area contributed by atoms with Crippen LogP contribution in [0.4, 0.5) is 4.39 Å². The van der Waals surface area contributed by atoms with Crippen LogP contribution in [0.3, 0.4) is 0 Å². The van der Waals surface area contributed by atoms with Gasteiger partial charge in [0.05, 0.1) is 0 Å².